The first kappa shape index (κ1) is 21.1. The average molecular weight is 443 g/mol. The Morgan fingerprint density at radius 3 is 2.18 bits per heavy atom. The highest BCUT2D eigenvalue weighted by molar-refractivity contribution is 9.10. The first-order valence-corrected chi connectivity index (χ1v) is 9.31. The van der Waals surface area contributed by atoms with Crippen molar-refractivity contribution in [2.24, 2.45) is 5.92 Å². The molecule has 0 aliphatic rings. The van der Waals surface area contributed by atoms with E-state index in [-0.39, 0.29) is 30.6 Å². The molecule has 3 N–H and O–H groups in total. The van der Waals surface area contributed by atoms with Gasteiger partial charge >= 0.3 is 0 Å². The van der Waals surface area contributed by atoms with E-state index < -0.39 is 5.91 Å². The lowest BCUT2D eigenvalue weighted by molar-refractivity contribution is -0.123. The normalized spacial score (nSPS) is 11.0. The molecule has 0 fully saturated rings. The summed E-state index contributed by atoms with van der Waals surface area (Å²) in [6, 6.07) is 15.2. The second kappa shape index (κ2) is 10.2. The minimum Gasteiger partial charge on any atom is -0.326 e. The van der Waals surface area contributed by atoms with E-state index in [1.807, 2.05) is 6.07 Å². The van der Waals surface area contributed by atoms with Crippen molar-refractivity contribution >= 4 is 39.3 Å². The van der Waals surface area contributed by atoms with Crippen LogP contribution in [-0.4, -0.2) is 17.7 Å². The third-order valence-electron chi connectivity index (χ3n) is 3.79. The predicted molar refractivity (Wildman–Crippen MR) is 108 cm³/mol. The van der Waals surface area contributed by atoms with Gasteiger partial charge in [0.1, 0.15) is 0 Å². The molecule has 0 heterocycles. The summed E-state index contributed by atoms with van der Waals surface area (Å²) in [5, 5.41) is 11.5. The number of nitrogens with one attached hydrogen (secondary N) is 3. The molecule has 0 unspecified atom stereocenters. The topological polar surface area (TPSA) is 111 Å². The maximum absolute atomic E-state index is 12.1. The first-order valence-electron chi connectivity index (χ1n) is 8.52. The molecular formula is C20H19BrN4O3. The fourth-order valence-electron chi connectivity index (χ4n) is 2.40. The van der Waals surface area contributed by atoms with Crippen molar-refractivity contribution in [2.45, 2.75) is 19.8 Å². The van der Waals surface area contributed by atoms with Crippen LogP contribution in [0.25, 0.3) is 0 Å². The minimum atomic E-state index is -0.424. The van der Waals surface area contributed by atoms with Crippen molar-refractivity contribution in [1.29, 1.82) is 5.26 Å². The van der Waals surface area contributed by atoms with E-state index in [4.69, 9.17) is 5.26 Å². The SMILES string of the molecule is C[C@@H](CC(=O)NNC(=O)c1ccc(Br)cc1)CC(=O)Nc1ccc(C#N)cc1. The lowest BCUT2D eigenvalue weighted by Gasteiger charge is -2.12. The van der Waals surface area contributed by atoms with Gasteiger partial charge in [-0.15, -0.1) is 0 Å². The summed E-state index contributed by atoms with van der Waals surface area (Å²) in [6.45, 7) is 1.77. The van der Waals surface area contributed by atoms with Crippen LogP contribution in [0, 0.1) is 17.2 Å². The van der Waals surface area contributed by atoms with Crippen LogP contribution in [0.5, 0.6) is 0 Å². The highest BCUT2D eigenvalue weighted by Crippen LogP contribution is 2.13. The molecule has 1 atom stereocenters. The van der Waals surface area contributed by atoms with Crippen molar-refractivity contribution < 1.29 is 14.4 Å². The van der Waals surface area contributed by atoms with E-state index >= 15 is 0 Å². The lowest BCUT2D eigenvalue weighted by Crippen LogP contribution is -2.42. The number of hydrazine groups is 1. The molecule has 3 amide bonds. The zero-order valence-corrected chi connectivity index (χ0v) is 16.7. The zero-order valence-electron chi connectivity index (χ0n) is 15.2. The van der Waals surface area contributed by atoms with Gasteiger partial charge < -0.3 is 5.32 Å². The molecule has 0 aliphatic heterocycles. The summed E-state index contributed by atoms with van der Waals surface area (Å²) in [4.78, 5) is 36.0. The van der Waals surface area contributed by atoms with E-state index in [0.29, 0.717) is 16.8 Å². The van der Waals surface area contributed by atoms with E-state index in [0.717, 1.165) is 4.47 Å². The molecule has 8 heteroatoms. The van der Waals surface area contributed by atoms with Crippen LogP contribution >= 0.6 is 15.9 Å². The monoisotopic (exact) mass is 442 g/mol. The summed E-state index contributed by atoms with van der Waals surface area (Å²) in [5.41, 5.74) is 6.20. The Hall–Kier alpha value is -3.18. The van der Waals surface area contributed by atoms with Crippen LogP contribution < -0.4 is 16.2 Å². The molecule has 0 aromatic heterocycles. The Kier molecular flexibility index (Phi) is 7.72. The molecule has 0 saturated carbocycles. The summed E-state index contributed by atoms with van der Waals surface area (Å²) in [7, 11) is 0. The van der Waals surface area contributed by atoms with E-state index in [1.165, 1.54) is 0 Å². The molecule has 28 heavy (non-hydrogen) atoms. The number of anilines is 1. The van der Waals surface area contributed by atoms with Crippen LogP contribution in [0.1, 0.15) is 35.7 Å². The van der Waals surface area contributed by atoms with Crippen LogP contribution in [0.15, 0.2) is 53.0 Å². The van der Waals surface area contributed by atoms with Crippen molar-refractivity contribution in [3.05, 3.63) is 64.1 Å². The van der Waals surface area contributed by atoms with Crippen molar-refractivity contribution in [3.63, 3.8) is 0 Å². The molecule has 7 nitrogen and oxygen atoms in total. The third-order valence-corrected chi connectivity index (χ3v) is 4.32. The van der Waals surface area contributed by atoms with Gasteiger partial charge in [0.25, 0.3) is 5.91 Å². The summed E-state index contributed by atoms with van der Waals surface area (Å²) in [5.74, 6) is -1.26. The maximum Gasteiger partial charge on any atom is 0.269 e. The summed E-state index contributed by atoms with van der Waals surface area (Å²) < 4.78 is 0.848. The molecule has 2 rings (SSSR count). The Morgan fingerprint density at radius 2 is 1.57 bits per heavy atom. The van der Waals surface area contributed by atoms with Gasteiger partial charge in [0.15, 0.2) is 0 Å². The first-order chi connectivity index (χ1) is 13.4. The molecule has 2 aromatic carbocycles. The Balaban J connectivity index is 1.73. The van der Waals surface area contributed by atoms with Crippen LogP contribution in [-0.2, 0) is 9.59 Å². The molecule has 144 valence electrons. The van der Waals surface area contributed by atoms with E-state index in [1.54, 1.807) is 55.5 Å². The Labute approximate surface area is 171 Å². The van der Waals surface area contributed by atoms with Crippen LogP contribution in [0.4, 0.5) is 5.69 Å². The molecule has 0 saturated heterocycles. The lowest BCUT2D eigenvalue weighted by atomic mass is 10.0. The molecular weight excluding hydrogens is 424 g/mol. The van der Waals surface area contributed by atoms with Crippen molar-refractivity contribution in [2.75, 3.05) is 5.32 Å². The minimum absolute atomic E-state index is 0.0847. The van der Waals surface area contributed by atoms with Gasteiger partial charge in [-0.1, -0.05) is 22.9 Å². The maximum atomic E-state index is 12.1. The zero-order chi connectivity index (χ0) is 20.5. The number of carbonyl (C=O) groups is 3. The summed E-state index contributed by atoms with van der Waals surface area (Å²) in [6.07, 6.45) is 0.232. The quantitative estimate of drug-likeness (QED) is 0.596. The largest absolute Gasteiger partial charge is 0.326 e. The molecule has 0 aliphatic carbocycles. The second-order valence-electron chi connectivity index (χ2n) is 6.26. The number of hydrogen-bond acceptors (Lipinski definition) is 4. The number of hydrogen-bond donors (Lipinski definition) is 3. The van der Waals surface area contributed by atoms with E-state index in [2.05, 4.69) is 32.1 Å². The third kappa shape index (κ3) is 6.85. The number of carbonyl (C=O) groups excluding carboxylic acids is 3. The smallest absolute Gasteiger partial charge is 0.269 e. The Morgan fingerprint density at radius 1 is 0.964 bits per heavy atom. The predicted octanol–water partition coefficient (Wildman–Crippen LogP) is 3.14. The highest BCUT2D eigenvalue weighted by atomic mass is 79.9. The van der Waals surface area contributed by atoms with Gasteiger partial charge in [-0.05, 0) is 54.4 Å². The molecule has 2 aromatic rings. The fraction of sp³-hybridized carbons (Fsp3) is 0.200. The van der Waals surface area contributed by atoms with Gasteiger partial charge in [-0.25, -0.2) is 0 Å². The number of halogens is 1. The molecule has 0 bridgehead atoms. The highest BCUT2D eigenvalue weighted by Gasteiger charge is 2.14. The number of nitrogens with zero attached hydrogens (tertiary/aromatic N) is 1. The van der Waals surface area contributed by atoms with Gasteiger partial charge in [-0.2, -0.15) is 5.26 Å². The Bertz CT molecular complexity index is 889. The average Bonchev–Trinajstić information content (AvgIpc) is 2.67. The van der Waals surface area contributed by atoms with E-state index in [9.17, 15) is 14.4 Å². The number of rotatable bonds is 6. The second-order valence-corrected chi connectivity index (χ2v) is 7.18. The number of amides is 3. The molecule has 0 spiro atoms. The van der Waals surface area contributed by atoms with Crippen LogP contribution in [0.3, 0.4) is 0 Å². The molecule has 0 radical (unpaired) electrons. The fourth-order valence-corrected chi connectivity index (χ4v) is 2.66. The van der Waals surface area contributed by atoms with Crippen molar-refractivity contribution in [1.82, 2.24) is 10.9 Å². The van der Waals surface area contributed by atoms with Crippen molar-refractivity contribution in [3.8, 4) is 6.07 Å². The van der Waals surface area contributed by atoms with Gasteiger partial charge in [-0.3, -0.25) is 25.2 Å². The van der Waals surface area contributed by atoms with Gasteiger partial charge in [0.2, 0.25) is 11.8 Å². The standard InChI is InChI=1S/C20H19BrN4O3/c1-13(10-18(26)23-17-8-2-14(12-22)3-9-17)11-19(27)24-25-20(28)15-4-6-16(21)7-5-15/h2-9,13H,10-11H2,1H3,(H,23,26)(H,24,27)(H,25,28)/t13-/m1/s1. The number of nitriles is 1. The summed E-state index contributed by atoms with van der Waals surface area (Å²) >= 11 is 3.28. The van der Waals surface area contributed by atoms with Gasteiger partial charge in [0, 0.05) is 28.6 Å². The van der Waals surface area contributed by atoms with Crippen LogP contribution in [0.2, 0.25) is 0 Å². The number of benzene rings is 2. The van der Waals surface area contributed by atoms with Gasteiger partial charge in [0.05, 0.1) is 11.6 Å².